The number of rotatable bonds is 6. The van der Waals surface area contributed by atoms with Crippen molar-refractivity contribution in [3.63, 3.8) is 0 Å². The van der Waals surface area contributed by atoms with Crippen molar-refractivity contribution in [2.45, 2.75) is 33.6 Å². The maximum absolute atomic E-state index is 10.6. The number of ether oxygens (including phenoxy) is 1. The number of nitrogens with zero attached hydrogens (tertiary/aromatic N) is 3. The molecule has 6 heteroatoms. The van der Waals surface area contributed by atoms with Gasteiger partial charge in [-0.3, -0.25) is 0 Å². The largest absolute Gasteiger partial charge is 0.507 e. The molecule has 3 aromatic carbocycles. The molecule has 168 valence electrons. The van der Waals surface area contributed by atoms with Gasteiger partial charge >= 0.3 is 0 Å². The average molecular weight is 442 g/mol. The highest BCUT2D eigenvalue weighted by molar-refractivity contribution is 5.74. The summed E-state index contributed by atoms with van der Waals surface area (Å²) in [6.07, 6.45) is 1.97. The zero-order valence-corrected chi connectivity index (χ0v) is 19.3. The van der Waals surface area contributed by atoms with Crippen LogP contribution in [0.25, 0.3) is 34.2 Å². The molecule has 4 aromatic rings. The first kappa shape index (κ1) is 22.3. The van der Waals surface area contributed by atoms with E-state index in [4.69, 9.17) is 4.74 Å². The van der Waals surface area contributed by atoms with E-state index in [1.165, 1.54) is 5.56 Å². The van der Waals surface area contributed by atoms with Crippen LogP contribution in [0.4, 0.5) is 0 Å². The van der Waals surface area contributed by atoms with Gasteiger partial charge in [-0.15, -0.1) is 0 Å². The van der Waals surface area contributed by atoms with E-state index in [9.17, 15) is 10.2 Å². The maximum atomic E-state index is 10.6. The summed E-state index contributed by atoms with van der Waals surface area (Å²) in [6.45, 7) is 5.94. The summed E-state index contributed by atoms with van der Waals surface area (Å²) in [5.74, 6) is 1.84. The fourth-order valence-electron chi connectivity index (χ4n) is 3.76. The van der Waals surface area contributed by atoms with Gasteiger partial charge in [0.15, 0.2) is 17.5 Å². The molecular weight excluding hydrogens is 414 g/mol. The van der Waals surface area contributed by atoms with E-state index < -0.39 is 0 Å². The van der Waals surface area contributed by atoms with Crippen LogP contribution in [0.2, 0.25) is 0 Å². The van der Waals surface area contributed by atoms with Crippen LogP contribution in [0.3, 0.4) is 0 Å². The minimum atomic E-state index is 0.0801. The van der Waals surface area contributed by atoms with Crippen LogP contribution in [0.5, 0.6) is 17.2 Å². The highest BCUT2D eigenvalue weighted by atomic mass is 16.5. The Balaban J connectivity index is 1.95. The Morgan fingerprint density at radius 3 is 1.64 bits per heavy atom. The predicted molar refractivity (Wildman–Crippen MR) is 129 cm³/mol. The summed E-state index contributed by atoms with van der Waals surface area (Å²) >= 11 is 0. The van der Waals surface area contributed by atoms with Crippen LogP contribution in [-0.4, -0.2) is 32.3 Å². The quantitative estimate of drug-likeness (QED) is 0.389. The Bertz CT molecular complexity index is 1250. The number of methoxy groups -OCH3 is 1. The normalized spacial score (nSPS) is 10.9. The fourth-order valence-corrected chi connectivity index (χ4v) is 3.76. The summed E-state index contributed by atoms with van der Waals surface area (Å²) in [5.41, 5.74) is 4.70. The van der Waals surface area contributed by atoms with E-state index in [0.29, 0.717) is 39.9 Å². The second kappa shape index (κ2) is 9.28. The third-order valence-electron chi connectivity index (χ3n) is 5.47. The van der Waals surface area contributed by atoms with Crippen LogP contribution < -0.4 is 4.74 Å². The lowest BCUT2D eigenvalue weighted by Gasteiger charge is -2.13. The number of phenolic OH excluding ortho intramolecular Hbond substituents is 2. The van der Waals surface area contributed by atoms with Crippen LogP contribution in [-0.2, 0) is 6.42 Å². The molecule has 0 fully saturated rings. The van der Waals surface area contributed by atoms with Crippen molar-refractivity contribution in [1.29, 1.82) is 0 Å². The van der Waals surface area contributed by atoms with E-state index in [-0.39, 0.29) is 11.5 Å². The van der Waals surface area contributed by atoms with E-state index in [1.54, 1.807) is 31.4 Å². The maximum Gasteiger partial charge on any atom is 0.167 e. The van der Waals surface area contributed by atoms with Gasteiger partial charge in [0.25, 0.3) is 0 Å². The molecule has 6 nitrogen and oxygen atoms in total. The van der Waals surface area contributed by atoms with Gasteiger partial charge in [0.05, 0.1) is 23.8 Å². The lowest BCUT2D eigenvalue weighted by Crippen LogP contribution is -2.02. The lowest BCUT2D eigenvalue weighted by atomic mass is 10.1. The van der Waals surface area contributed by atoms with Gasteiger partial charge in [0.2, 0.25) is 0 Å². The summed E-state index contributed by atoms with van der Waals surface area (Å²) < 4.78 is 5.66. The van der Waals surface area contributed by atoms with Crippen molar-refractivity contribution in [3.05, 3.63) is 71.3 Å². The molecule has 4 rings (SSSR count). The highest BCUT2D eigenvalue weighted by Crippen LogP contribution is 2.35. The Labute approximate surface area is 193 Å². The van der Waals surface area contributed by atoms with Gasteiger partial charge in [-0.2, -0.15) is 0 Å². The molecule has 0 atom stereocenters. The van der Waals surface area contributed by atoms with Crippen LogP contribution in [0, 0.1) is 13.8 Å². The second-order valence-electron chi connectivity index (χ2n) is 8.13. The average Bonchev–Trinajstić information content (AvgIpc) is 2.79. The lowest BCUT2D eigenvalue weighted by molar-refractivity contribution is 0.415. The molecule has 0 aliphatic heterocycles. The molecule has 0 spiro atoms. The molecule has 0 saturated heterocycles. The van der Waals surface area contributed by atoms with Crippen LogP contribution >= 0.6 is 0 Å². The summed E-state index contributed by atoms with van der Waals surface area (Å²) in [4.78, 5) is 14.0. The first-order chi connectivity index (χ1) is 15.9. The highest BCUT2D eigenvalue weighted by Gasteiger charge is 2.18. The van der Waals surface area contributed by atoms with Crippen molar-refractivity contribution in [1.82, 2.24) is 15.0 Å². The van der Waals surface area contributed by atoms with Gasteiger partial charge in [0, 0.05) is 0 Å². The summed E-state index contributed by atoms with van der Waals surface area (Å²) in [6, 6.07) is 16.7. The zero-order valence-electron chi connectivity index (χ0n) is 19.3. The fraction of sp³-hybridized carbons (Fsp3) is 0.222. The second-order valence-corrected chi connectivity index (χ2v) is 8.13. The van der Waals surface area contributed by atoms with Gasteiger partial charge in [-0.25, -0.2) is 15.0 Å². The first-order valence-corrected chi connectivity index (χ1v) is 10.9. The van der Waals surface area contributed by atoms with Gasteiger partial charge in [-0.1, -0.05) is 31.5 Å². The minimum absolute atomic E-state index is 0.0801. The summed E-state index contributed by atoms with van der Waals surface area (Å²) in [5, 5.41) is 21.2. The van der Waals surface area contributed by atoms with Crippen LogP contribution in [0.1, 0.15) is 30.0 Å². The Morgan fingerprint density at radius 1 is 0.697 bits per heavy atom. The molecule has 1 heterocycles. The Morgan fingerprint density at radius 2 is 1.18 bits per heavy atom. The first-order valence-electron chi connectivity index (χ1n) is 10.9. The standard InChI is InChI=1S/C27H27N3O3/c1-5-6-18-9-12-21(24(15-18)33-4)27-29-25(19-10-7-16(2)13-22(19)31)28-26(30-27)20-11-8-17(3)14-23(20)32/h7-15,31-32H,5-6H2,1-4H3. The SMILES string of the molecule is CCCc1ccc(-c2nc(-c3ccc(C)cc3O)nc(-c3ccc(C)cc3O)n2)c(OC)c1. The van der Waals surface area contributed by atoms with Gasteiger partial charge in [0.1, 0.15) is 17.2 Å². The van der Waals surface area contributed by atoms with E-state index in [0.717, 1.165) is 24.0 Å². The molecular formula is C27H27N3O3. The Hall–Kier alpha value is -3.93. The van der Waals surface area contributed by atoms with E-state index in [1.807, 2.05) is 44.2 Å². The number of hydrogen-bond acceptors (Lipinski definition) is 6. The van der Waals surface area contributed by atoms with Crippen molar-refractivity contribution in [2.75, 3.05) is 7.11 Å². The van der Waals surface area contributed by atoms with Gasteiger partial charge in [-0.05, 0) is 73.4 Å². The van der Waals surface area contributed by atoms with Crippen molar-refractivity contribution in [2.24, 2.45) is 0 Å². The molecule has 0 radical (unpaired) electrons. The summed E-state index contributed by atoms with van der Waals surface area (Å²) in [7, 11) is 1.62. The number of aryl methyl sites for hydroxylation is 3. The molecule has 0 saturated carbocycles. The number of aromatic hydroxyl groups is 2. The minimum Gasteiger partial charge on any atom is -0.507 e. The molecule has 2 N–H and O–H groups in total. The topological polar surface area (TPSA) is 88.4 Å². The predicted octanol–water partition coefficient (Wildman–Crippen LogP) is 5.86. The molecule has 0 aliphatic rings. The number of benzene rings is 3. The zero-order chi connectivity index (χ0) is 23.5. The Kier molecular flexibility index (Phi) is 6.27. The van der Waals surface area contributed by atoms with Crippen molar-refractivity contribution >= 4 is 0 Å². The molecule has 0 aliphatic carbocycles. The number of hydrogen-bond donors (Lipinski definition) is 2. The molecule has 0 unspecified atom stereocenters. The molecule has 33 heavy (non-hydrogen) atoms. The van der Waals surface area contributed by atoms with Crippen LogP contribution in [0.15, 0.2) is 54.6 Å². The third-order valence-corrected chi connectivity index (χ3v) is 5.47. The number of phenols is 2. The molecule has 1 aromatic heterocycles. The molecule has 0 bridgehead atoms. The third kappa shape index (κ3) is 4.65. The van der Waals surface area contributed by atoms with E-state index in [2.05, 4.69) is 21.9 Å². The monoisotopic (exact) mass is 441 g/mol. The van der Waals surface area contributed by atoms with Crippen molar-refractivity contribution in [3.8, 4) is 51.4 Å². The van der Waals surface area contributed by atoms with E-state index >= 15 is 0 Å². The van der Waals surface area contributed by atoms with Gasteiger partial charge < -0.3 is 14.9 Å². The smallest absolute Gasteiger partial charge is 0.167 e. The number of aromatic nitrogens is 3. The molecule has 0 amide bonds. The van der Waals surface area contributed by atoms with Crippen molar-refractivity contribution < 1.29 is 14.9 Å².